The first-order valence-electron chi connectivity index (χ1n) is 6.08. The summed E-state index contributed by atoms with van der Waals surface area (Å²) < 4.78 is 4.87. The fourth-order valence-corrected chi connectivity index (χ4v) is 1.92. The number of hydrogen-bond donors (Lipinski definition) is 1. The van der Waals surface area contributed by atoms with Gasteiger partial charge in [0.05, 0.1) is 6.20 Å². The molecule has 0 spiro atoms. The number of carbonyl (C=O) groups is 1. The van der Waals surface area contributed by atoms with Crippen molar-refractivity contribution < 1.29 is 9.32 Å². The molecule has 0 atom stereocenters. The van der Waals surface area contributed by atoms with Gasteiger partial charge in [0.15, 0.2) is 0 Å². The number of alkyl halides is 1. The highest BCUT2D eigenvalue weighted by atomic mass is 35.5. The molecule has 1 N–H and O–H groups in total. The summed E-state index contributed by atoms with van der Waals surface area (Å²) in [4.78, 5) is 12.0. The van der Waals surface area contributed by atoms with Crippen molar-refractivity contribution in [2.45, 2.75) is 19.8 Å². The van der Waals surface area contributed by atoms with Gasteiger partial charge in [-0.3, -0.25) is 4.79 Å². The van der Waals surface area contributed by atoms with Gasteiger partial charge in [0.1, 0.15) is 11.3 Å². The van der Waals surface area contributed by atoms with Crippen molar-refractivity contribution in [3.05, 3.63) is 47.3 Å². The van der Waals surface area contributed by atoms with E-state index in [-0.39, 0.29) is 5.91 Å². The Kier molecular flexibility index (Phi) is 4.58. The summed E-state index contributed by atoms with van der Waals surface area (Å²) in [5.41, 5.74) is 2.37. The molecule has 0 saturated heterocycles. The van der Waals surface area contributed by atoms with E-state index >= 15 is 0 Å². The van der Waals surface area contributed by atoms with Gasteiger partial charge in [0.25, 0.3) is 5.91 Å². The largest absolute Gasteiger partial charge is 0.361 e. The number of rotatable bonds is 5. The summed E-state index contributed by atoms with van der Waals surface area (Å²) in [6.07, 6.45) is 3.24. The maximum atomic E-state index is 12.0. The molecule has 2 aromatic rings. The molecular formula is C14H15ClN2O2. The van der Waals surface area contributed by atoms with Crippen LogP contribution in [0.25, 0.3) is 0 Å². The van der Waals surface area contributed by atoms with Crippen molar-refractivity contribution in [3.8, 4) is 0 Å². The van der Waals surface area contributed by atoms with Crippen molar-refractivity contribution in [1.29, 1.82) is 0 Å². The van der Waals surface area contributed by atoms with Gasteiger partial charge < -0.3 is 9.84 Å². The van der Waals surface area contributed by atoms with E-state index in [1.165, 1.54) is 6.20 Å². The van der Waals surface area contributed by atoms with Crippen molar-refractivity contribution in [1.82, 2.24) is 5.16 Å². The Labute approximate surface area is 116 Å². The number of halogens is 1. The number of amides is 1. The van der Waals surface area contributed by atoms with E-state index in [1.807, 2.05) is 24.3 Å². The summed E-state index contributed by atoms with van der Waals surface area (Å²) in [5, 5.41) is 6.42. The van der Waals surface area contributed by atoms with Crippen LogP contribution in [0.1, 0.15) is 28.1 Å². The molecule has 1 aromatic carbocycles. The van der Waals surface area contributed by atoms with Crippen LogP contribution in [0.5, 0.6) is 0 Å². The molecule has 0 aliphatic rings. The number of nitrogens with zero attached hydrogens (tertiary/aromatic N) is 1. The monoisotopic (exact) mass is 278 g/mol. The maximum absolute atomic E-state index is 12.0. The van der Waals surface area contributed by atoms with Crippen LogP contribution in [0.2, 0.25) is 0 Å². The van der Waals surface area contributed by atoms with Gasteiger partial charge in [-0.25, -0.2) is 0 Å². The summed E-state index contributed by atoms with van der Waals surface area (Å²) in [6.45, 7) is 1.71. The molecule has 1 aromatic heterocycles. The summed E-state index contributed by atoms with van der Waals surface area (Å²) in [6, 6.07) is 7.74. The summed E-state index contributed by atoms with van der Waals surface area (Å²) in [5.74, 6) is 0.931. The van der Waals surface area contributed by atoms with E-state index in [0.717, 1.165) is 24.1 Å². The topological polar surface area (TPSA) is 55.1 Å². The van der Waals surface area contributed by atoms with Gasteiger partial charge in [-0.2, -0.15) is 0 Å². The van der Waals surface area contributed by atoms with Gasteiger partial charge in [-0.15, -0.1) is 11.6 Å². The molecule has 4 nitrogen and oxygen atoms in total. The number of nitrogens with one attached hydrogen (secondary N) is 1. The van der Waals surface area contributed by atoms with E-state index in [9.17, 15) is 4.79 Å². The average Bonchev–Trinajstić information content (AvgIpc) is 2.83. The molecule has 19 heavy (non-hydrogen) atoms. The van der Waals surface area contributed by atoms with Crippen LogP contribution < -0.4 is 5.32 Å². The van der Waals surface area contributed by atoms with E-state index < -0.39 is 0 Å². The second-order valence-corrected chi connectivity index (χ2v) is 4.62. The predicted octanol–water partition coefficient (Wildman–Crippen LogP) is 3.41. The van der Waals surface area contributed by atoms with Gasteiger partial charge >= 0.3 is 0 Å². The lowest BCUT2D eigenvalue weighted by Gasteiger charge is -2.06. The third kappa shape index (κ3) is 3.58. The molecule has 0 bridgehead atoms. The normalized spacial score (nSPS) is 10.4. The Morgan fingerprint density at radius 1 is 1.47 bits per heavy atom. The third-order valence-electron chi connectivity index (χ3n) is 2.78. The second kappa shape index (κ2) is 6.38. The highest BCUT2D eigenvalue weighted by Gasteiger charge is 2.12. The van der Waals surface area contributed by atoms with E-state index in [4.69, 9.17) is 16.1 Å². The van der Waals surface area contributed by atoms with Crippen LogP contribution in [-0.4, -0.2) is 16.9 Å². The highest BCUT2D eigenvalue weighted by molar-refractivity contribution is 6.17. The Morgan fingerprint density at radius 3 is 3.00 bits per heavy atom. The fourth-order valence-electron chi connectivity index (χ4n) is 1.79. The first-order chi connectivity index (χ1) is 9.20. The number of aryl methyl sites for hydroxylation is 2. The van der Waals surface area contributed by atoms with E-state index in [2.05, 4.69) is 10.5 Å². The van der Waals surface area contributed by atoms with Crippen LogP contribution in [0, 0.1) is 6.92 Å². The zero-order chi connectivity index (χ0) is 13.7. The molecule has 0 aliphatic heterocycles. The molecule has 0 fully saturated rings. The molecule has 0 radical (unpaired) electrons. The van der Waals surface area contributed by atoms with Crippen molar-refractivity contribution >= 4 is 23.2 Å². The van der Waals surface area contributed by atoms with Crippen molar-refractivity contribution in [2.24, 2.45) is 0 Å². The van der Waals surface area contributed by atoms with Crippen LogP contribution in [0.3, 0.4) is 0 Å². The SMILES string of the molecule is Cc1oncc1C(=O)Nc1cccc(CCCCl)c1. The standard InChI is InChI=1S/C14H15ClN2O2/c1-10-13(9-16-19-10)14(18)17-12-6-2-4-11(8-12)5-3-7-15/h2,4,6,8-9H,3,5,7H2,1H3,(H,17,18). The molecule has 2 rings (SSSR count). The van der Waals surface area contributed by atoms with Crippen LogP contribution in [0.4, 0.5) is 5.69 Å². The maximum Gasteiger partial charge on any atom is 0.260 e. The number of hydrogen-bond acceptors (Lipinski definition) is 3. The highest BCUT2D eigenvalue weighted by Crippen LogP contribution is 2.15. The number of benzene rings is 1. The number of anilines is 1. The quantitative estimate of drug-likeness (QED) is 0.853. The van der Waals surface area contributed by atoms with Crippen LogP contribution in [-0.2, 0) is 6.42 Å². The Hall–Kier alpha value is -1.81. The van der Waals surface area contributed by atoms with Crippen molar-refractivity contribution in [2.75, 3.05) is 11.2 Å². The van der Waals surface area contributed by atoms with Crippen LogP contribution >= 0.6 is 11.6 Å². The minimum Gasteiger partial charge on any atom is -0.361 e. The summed E-state index contributed by atoms with van der Waals surface area (Å²) in [7, 11) is 0. The Bertz CT molecular complexity index is 566. The van der Waals surface area contributed by atoms with E-state index in [1.54, 1.807) is 6.92 Å². The minimum atomic E-state index is -0.215. The van der Waals surface area contributed by atoms with Gasteiger partial charge in [0, 0.05) is 11.6 Å². The molecule has 0 aliphatic carbocycles. The zero-order valence-corrected chi connectivity index (χ0v) is 11.4. The third-order valence-corrected chi connectivity index (χ3v) is 3.05. The molecular weight excluding hydrogens is 264 g/mol. The fraction of sp³-hybridized carbons (Fsp3) is 0.286. The first kappa shape index (κ1) is 13.6. The Morgan fingerprint density at radius 2 is 2.32 bits per heavy atom. The predicted molar refractivity (Wildman–Crippen MR) is 74.7 cm³/mol. The lowest BCUT2D eigenvalue weighted by Crippen LogP contribution is -2.12. The lowest BCUT2D eigenvalue weighted by atomic mass is 10.1. The molecule has 5 heteroatoms. The second-order valence-electron chi connectivity index (χ2n) is 4.24. The smallest absolute Gasteiger partial charge is 0.260 e. The van der Waals surface area contributed by atoms with Crippen molar-refractivity contribution in [3.63, 3.8) is 0 Å². The van der Waals surface area contributed by atoms with Crippen LogP contribution in [0.15, 0.2) is 35.0 Å². The molecule has 0 saturated carbocycles. The summed E-state index contributed by atoms with van der Waals surface area (Å²) >= 11 is 5.67. The zero-order valence-electron chi connectivity index (χ0n) is 10.6. The lowest BCUT2D eigenvalue weighted by molar-refractivity contribution is 0.102. The molecule has 0 unspecified atom stereocenters. The number of carbonyl (C=O) groups excluding carboxylic acids is 1. The number of aromatic nitrogens is 1. The molecule has 1 heterocycles. The molecule has 100 valence electrons. The van der Waals surface area contributed by atoms with Gasteiger partial charge in [0.2, 0.25) is 0 Å². The van der Waals surface area contributed by atoms with E-state index in [0.29, 0.717) is 17.2 Å². The molecule has 1 amide bonds. The van der Waals surface area contributed by atoms with Gasteiger partial charge in [-0.05, 0) is 37.5 Å². The minimum absolute atomic E-state index is 0.215. The Balaban J connectivity index is 2.07. The average molecular weight is 279 g/mol. The first-order valence-corrected chi connectivity index (χ1v) is 6.61. The van der Waals surface area contributed by atoms with Gasteiger partial charge in [-0.1, -0.05) is 17.3 Å².